The summed E-state index contributed by atoms with van der Waals surface area (Å²) in [5, 5.41) is 8.73. The van der Waals surface area contributed by atoms with Gasteiger partial charge in [0.25, 0.3) is 0 Å². The zero-order valence-electron chi connectivity index (χ0n) is 11.3. The van der Waals surface area contributed by atoms with Crippen LogP contribution in [0, 0.1) is 0 Å². The number of carbonyl (C=O) groups excluding carboxylic acids is 1. The Hall–Kier alpha value is -0.870. The fourth-order valence-electron chi connectivity index (χ4n) is 3.25. The topological polar surface area (TPSA) is 41.1 Å². The molecule has 4 heteroatoms. The first kappa shape index (κ1) is 13.1. The van der Waals surface area contributed by atoms with Gasteiger partial charge in [0.05, 0.1) is 5.92 Å². The normalized spacial score (nSPS) is 26.1. The molecule has 3 nitrogen and oxygen atoms in total. The Labute approximate surface area is 118 Å². The van der Waals surface area contributed by atoms with Crippen LogP contribution >= 0.6 is 11.3 Å². The highest BCUT2D eigenvalue weighted by atomic mass is 32.1. The van der Waals surface area contributed by atoms with Gasteiger partial charge in [-0.3, -0.25) is 4.79 Å². The van der Waals surface area contributed by atoms with Crippen LogP contribution in [0.25, 0.3) is 0 Å². The summed E-state index contributed by atoms with van der Waals surface area (Å²) in [7, 11) is 0. The van der Waals surface area contributed by atoms with E-state index in [-0.39, 0.29) is 11.8 Å². The van der Waals surface area contributed by atoms with E-state index < -0.39 is 0 Å². The van der Waals surface area contributed by atoms with E-state index in [9.17, 15) is 4.79 Å². The summed E-state index contributed by atoms with van der Waals surface area (Å²) >= 11 is 1.80. The van der Waals surface area contributed by atoms with Gasteiger partial charge in [0, 0.05) is 17.5 Å². The number of fused-ring (bicyclic) bond motifs is 1. The molecule has 1 amide bonds. The predicted octanol–water partition coefficient (Wildman–Crippen LogP) is 2.43. The summed E-state index contributed by atoms with van der Waals surface area (Å²) in [6, 6.07) is 2.76. The Kier molecular flexibility index (Phi) is 4.18. The molecule has 3 rings (SSSR count). The van der Waals surface area contributed by atoms with Crippen molar-refractivity contribution < 1.29 is 4.79 Å². The third-order valence-electron chi connectivity index (χ3n) is 4.32. The van der Waals surface area contributed by atoms with Gasteiger partial charge in [0.1, 0.15) is 0 Å². The van der Waals surface area contributed by atoms with Crippen molar-refractivity contribution in [2.75, 3.05) is 13.1 Å². The van der Waals surface area contributed by atoms with Crippen LogP contribution < -0.4 is 10.6 Å². The Morgan fingerprint density at radius 1 is 1.42 bits per heavy atom. The fourth-order valence-corrected chi connectivity index (χ4v) is 4.24. The van der Waals surface area contributed by atoms with Crippen LogP contribution in [0.4, 0.5) is 0 Å². The summed E-state index contributed by atoms with van der Waals surface area (Å²) in [4.78, 5) is 13.7. The first-order valence-corrected chi connectivity index (χ1v) is 8.30. The van der Waals surface area contributed by atoms with Crippen molar-refractivity contribution in [1.29, 1.82) is 0 Å². The van der Waals surface area contributed by atoms with Gasteiger partial charge in [-0.25, -0.2) is 0 Å². The highest BCUT2D eigenvalue weighted by Gasteiger charge is 2.27. The van der Waals surface area contributed by atoms with Gasteiger partial charge in [-0.2, -0.15) is 0 Å². The number of rotatable bonds is 4. The minimum Gasteiger partial charge on any atom is -0.356 e. The second kappa shape index (κ2) is 6.06. The molecule has 1 aromatic rings. The lowest BCUT2D eigenvalue weighted by Gasteiger charge is -2.22. The van der Waals surface area contributed by atoms with Gasteiger partial charge >= 0.3 is 0 Å². The summed E-state index contributed by atoms with van der Waals surface area (Å²) < 4.78 is 0. The quantitative estimate of drug-likeness (QED) is 0.888. The molecule has 1 saturated heterocycles. The number of aryl methyl sites for hydroxylation is 1. The molecule has 0 aromatic carbocycles. The van der Waals surface area contributed by atoms with Crippen LogP contribution in [0.1, 0.15) is 48.5 Å². The molecule has 19 heavy (non-hydrogen) atoms. The number of thiophene rings is 1. The largest absolute Gasteiger partial charge is 0.356 e. The van der Waals surface area contributed by atoms with E-state index in [4.69, 9.17) is 0 Å². The monoisotopic (exact) mass is 278 g/mol. The second-order valence-electron chi connectivity index (χ2n) is 5.62. The average molecular weight is 278 g/mol. The highest BCUT2D eigenvalue weighted by Crippen LogP contribution is 2.34. The van der Waals surface area contributed by atoms with Crippen molar-refractivity contribution in [3.8, 4) is 0 Å². The van der Waals surface area contributed by atoms with Crippen molar-refractivity contribution in [1.82, 2.24) is 10.6 Å². The molecule has 1 fully saturated rings. The molecule has 0 radical (unpaired) electrons. The molecule has 1 aliphatic heterocycles. The lowest BCUT2D eigenvalue weighted by Crippen LogP contribution is -2.34. The molecular weight excluding hydrogens is 256 g/mol. The van der Waals surface area contributed by atoms with Gasteiger partial charge in [-0.15, -0.1) is 11.3 Å². The Balaban J connectivity index is 1.51. The van der Waals surface area contributed by atoms with E-state index in [0.29, 0.717) is 6.04 Å². The minimum atomic E-state index is 0.103. The van der Waals surface area contributed by atoms with Gasteiger partial charge in [0.2, 0.25) is 5.91 Å². The maximum absolute atomic E-state index is 12.3. The molecule has 1 aromatic heterocycles. The number of amides is 1. The van der Waals surface area contributed by atoms with Crippen LogP contribution in [0.5, 0.6) is 0 Å². The summed E-state index contributed by atoms with van der Waals surface area (Å²) in [6.07, 6.45) is 6.91. The second-order valence-corrected chi connectivity index (χ2v) is 6.62. The zero-order chi connectivity index (χ0) is 13.1. The first-order valence-electron chi connectivity index (χ1n) is 7.42. The van der Waals surface area contributed by atoms with Crippen molar-refractivity contribution in [2.45, 2.75) is 50.5 Å². The Bertz CT molecular complexity index is 437. The summed E-state index contributed by atoms with van der Waals surface area (Å²) in [6.45, 7) is 1.95. The van der Waals surface area contributed by atoms with Gasteiger partial charge < -0.3 is 10.6 Å². The lowest BCUT2D eigenvalue weighted by atomic mass is 9.87. The van der Waals surface area contributed by atoms with Gasteiger partial charge in [-0.1, -0.05) is 0 Å². The van der Waals surface area contributed by atoms with E-state index in [1.54, 1.807) is 11.3 Å². The van der Waals surface area contributed by atoms with E-state index in [1.807, 2.05) is 0 Å². The average Bonchev–Trinajstić information content (AvgIpc) is 3.08. The van der Waals surface area contributed by atoms with E-state index in [1.165, 1.54) is 23.3 Å². The number of hydrogen-bond donors (Lipinski definition) is 2. The molecule has 1 aliphatic carbocycles. The van der Waals surface area contributed by atoms with Crippen molar-refractivity contribution in [3.63, 3.8) is 0 Å². The third-order valence-corrected chi connectivity index (χ3v) is 5.32. The number of nitrogens with one attached hydrogen (secondary N) is 2. The Morgan fingerprint density at radius 3 is 3.21 bits per heavy atom. The van der Waals surface area contributed by atoms with Gasteiger partial charge in [-0.05, 0) is 62.1 Å². The summed E-state index contributed by atoms with van der Waals surface area (Å²) in [5.41, 5.74) is 1.28. The fraction of sp³-hybridized carbons (Fsp3) is 0.667. The molecule has 2 aliphatic rings. The third kappa shape index (κ3) is 3.00. The maximum atomic E-state index is 12.3. The SMILES string of the molecule is O=C(NCCC1CCCN1)C1CCCc2sccc21. The lowest BCUT2D eigenvalue weighted by molar-refractivity contribution is -0.122. The minimum absolute atomic E-state index is 0.103. The summed E-state index contributed by atoms with van der Waals surface area (Å²) in [5.74, 6) is 0.337. The molecule has 0 bridgehead atoms. The van der Waals surface area contributed by atoms with Crippen LogP contribution in [0.3, 0.4) is 0 Å². The standard InChI is InChI=1S/C15H22N2OS/c18-15(17-9-6-11-3-2-8-16-11)13-4-1-5-14-12(13)7-10-19-14/h7,10-11,13,16H,1-6,8-9H2,(H,17,18). The maximum Gasteiger partial charge on any atom is 0.227 e. The molecule has 2 atom stereocenters. The Morgan fingerprint density at radius 2 is 2.37 bits per heavy atom. The van der Waals surface area contributed by atoms with Crippen LogP contribution in [-0.2, 0) is 11.2 Å². The molecule has 0 spiro atoms. The molecular formula is C15H22N2OS. The number of hydrogen-bond acceptors (Lipinski definition) is 3. The van der Waals surface area contributed by atoms with Crippen LogP contribution in [-0.4, -0.2) is 25.0 Å². The predicted molar refractivity (Wildman–Crippen MR) is 78.6 cm³/mol. The molecule has 2 unspecified atom stereocenters. The van der Waals surface area contributed by atoms with Crippen molar-refractivity contribution >= 4 is 17.2 Å². The zero-order valence-corrected chi connectivity index (χ0v) is 12.1. The van der Waals surface area contributed by atoms with E-state index in [2.05, 4.69) is 22.1 Å². The van der Waals surface area contributed by atoms with Gasteiger partial charge in [0.15, 0.2) is 0 Å². The number of carbonyl (C=O) groups is 1. The molecule has 0 saturated carbocycles. The first-order chi connectivity index (χ1) is 9.34. The van der Waals surface area contributed by atoms with Crippen LogP contribution in [0.15, 0.2) is 11.4 Å². The van der Waals surface area contributed by atoms with Crippen LogP contribution in [0.2, 0.25) is 0 Å². The van der Waals surface area contributed by atoms with Crippen molar-refractivity contribution in [2.24, 2.45) is 0 Å². The molecule has 2 N–H and O–H groups in total. The van der Waals surface area contributed by atoms with E-state index in [0.717, 1.165) is 38.8 Å². The molecule has 2 heterocycles. The van der Waals surface area contributed by atoms with Crippen molar-refractivity contribution in [3.05, 3.63) is 21.9 Å². The molecule has 104 valence electrons. The smallest absolute Gasteiger partial charge is 0.227 e. The van der Waals surface area contributed by atoms with E-state index >= 15 is 0 Å². The highest BCUT2D eigenvalue weighted by molar-refractivity contribution is 7.10.